The first-order valence-electron chi connectivity index (χ1n) is 7.18. The highest BCUT2D eigenvalue weighted by atomic mass is 32.2. The minimum absolute atomic E-state index is 0.165. The number of aryl methyl sites for hydroxylation is 1. The minimum Gasteiger partial charge on any atom is -0.392 e. The zero-order valence-corrected chi connectivity index (χ0v) is 14.1. The van der Waals surface area contributed by atoms with Gasteiger partial charge in [0.15, 0.2) is 0 Å². The fraction of sp³-hybridized carbons (Fsp3) is 0.600. The van der Waals surface area contributed by atoms with Gasteiger partial charge in [-0.15, -0.1) is 0 Å². The average molecular weight is 314 g/mol. The molecule has 2 N–H and O–H groups in total. The molecule has 0 radical (unpaired) electrons. The van der Waals surface area contributed by atoms with Crippen molar-refractivity contribution in [3.8, 4) is 0 Å². The quantitative estimate of drug-likeness (QED) is 0.713. The van der Waals surface area contributed by atoms with Crippen molar-refractivity contribution in [2.45, 2.75) is 44.7 Å². The molecule has 5 nitrogen and oxygen atoms in total. The molecule has 0 aliphatic carbocycles. The van der Waals surface area contributed by atoms with Crippen LogP contribution in [0.15, 0.2) is 23.1 Å². The first-order valence-corrected chi connectivity index (χ1v) is 8.66. The van der Waals surface area contributed by atoms with E-state index in [2.05, 4.69) is 23.5 Å². The van der Waals surface area contributed by atoms with E-state index in [1.807, 2.05) is 7.05 Å². The summed E-state index contributed by atoms with van der Waals surface area (Å²) < 4.78 is 27.2. The summed E-state index contributed by atoms with van der Waals surface area (Å²) in [7, 11) is -1.50. The van der Waals surface area contributed by atoms with Crippen LogP contribution in [0.4, 0.5) is 0 Å². The average Bonchev–Trinajstić information content (AvgIpc) is 2.43. The molecule has 0 saturated heterocycles. The van der Waals surface area contributed by atoms with Crippen molar-refractivity contribution in [2.75, 3.05) is 20.1 Å². The number of hydrogen-bond donors (Lipinski definition) is 2. The fourth-order valence-corrected chi connectivity index (χ4v) is 3.27. The zero-order chi connectivity index (χ0) is 16.0. The van der Waals surface area contributed by atoms with Gasteiger partial charge in [-0.25, -0.2) is 13.1 Å². The van der Waals surface area contributed by atoms with Crippen LogP contribution in [0.3, 0.4) is 0 Å². The number of benzene rings is 1. The van der Waals surface area contributed by atoms with Gasteiger partial charge in [0, 0.05) is 12.6 Å². The molecule has 0 amide bonds. The van der Waals surface area contributed by atoms with Gasteiger partial charge in [-0.1, -0.05) is 12.1 Å². The van der Waals surface area contributed by atoms with Crippen LogP contribution in [-0.4, -0.2) is 44.6 Å². The molecular formula is C15H26N2O3S. The molecule has 1 aromatic rings. The van der Waals surface area contributed by atoms with Gasteiger partial charge in [-0.05, 0) is 58.0 Å². The van der Waals surface area contributed by atoms with Crippen LogP contribution in [-0.2, 0) is 16.6 Å². The summed E-state index contributed by atoms with van der Waals surface area (Å²) in [6.45, 7) is 7.05. The van der Waals surface area contributed by atoms with Crippen LogP contribution in [0, 0.1) is 6.92 Å². The molecular weight excluding hydrogens is 288 g/mol. The van der Waals surface area contributed by atoms with Crippen LogP contribution in [0.25, 0.3) is 0 Å². The molecule has 0 fully saturated rings. The fourth-order valence-electron chi connectivity index (χ4n) is 1.90. The van der Waals surface area contributed by atoms with Gasteiger partial charge in [0.2, 0.25) is 10.0 Å². The van der Waals surface area contributed by atoms with E-state index >= 15 is 0 Å². The van der Waals surface area contributed by atoms with E-state index in [4.69, 9.17) is 5.11 Å². The van der Waals surface area contributed by atoms with Crippen molar-refractivity contribution >= 4 is 10.0 Å². The molecule has 0 aromatic heterocycles. The Balaban J connectivity index is 2.66. The summed E-state index contributed by atoms with van der Waals surface area (Å²) >= 11 is 0. The summed E-state index contributed by atoms with van der Waals surface area (Å²) in [6, 6.07) is 5.42. The van der Waals surface area contributed by atoms with E-state index < -0.39 is 10.0 Å². The summed E-state index contributed by atoms with van der Waals surface area (Å²) in [5.74, 6) is 0. The third kappa shape index (κ3) is 5.39. The van der Waals surface area contributed by atoms with Gasteiger partial charge in [-0.3, -0.25) is 0 Å². The highest BCUT2D eigenvalue weighted by Crippen LogP contribution is 2.17. The lowest BCUT2D eigenvalue weighted by Crippen LogP contribution is -2.31. The number of hydrogen-bond acceptors (Lipinski definition) is 4. The van der Waals surface area contributed by atoms with Crippen molar-refractivity contribution in [1.29, 1.82) is 0 Å². The van der Waals surface area contributed by atoms with Crippen molar-refractivity contribution in [3.05, 3.63) is 29.3 Å². The second kappa shape index (κ2) is 7.89. The molecule has 0 heterocycles. The third-order valence-electron chi connectivity index (χ3n) is 3.59. The second-order valence-corrected chi connectivity index (χ2v) is 7.32. The smallest absolute Gasteiger partial charge is 0.240 e. The maximum absolute atomic E-state index is 12.3. The Morgan fingerprint density at radius 3 is 2.57 bits per heavy atom. The number of nitrogens with one attached hydrogen (secondary N) is 1. The number of rotatable bonds is 8. The Morgan fingerprint density at radius 2 is 2.00 bits per heavy atom. The number of sulfonamides is 1. The molecule has 120 valence electrons. The normalized spacial score (nSPS) is 12.3. The molecule has 1 rings (SSSR count). The zero-order valence-electron chi connectivity index (χ0n) is 13.3. The molecule has 1 aromatic carbocycles. The molecule has 21 heavy (non-hydrogen) atoms. The summed E-state index contributed by atoms with van der Waals surface area (Å²) in [5.41, 5.74) is 1.28. The van der Waals surface area contributed by atoms with Crippen molar-refractivity contribution in [2.24, 2.45) is 0 Å². The Hall–Kier alpha value is -0.950. The molecule has 0 bridgehead atoms. The lowest BCUT2D eigenvalue weighted by Gasteiger charge is -2.20. The summed E-state index contributed by atoms with van der Waals surface area (Å²) in [6.07, 6.45) is 0.757. The predicted octanol–water partition coefficient (Wildman–Crippen LogP) is 1.50. The van der Waals surface area contributed by atoms with Crippen LogP contribution in [0.1, 0.15) is 31.4 Å². The van der Waals surface area contributed by atoms with Crippen molar-refractivity contribution in [3.63, 3.8) is 0 Å². The first kappa shape index (κ1) is 18.1. The van der Waals surface area contributed by atoms with Gasteiger partial charge in [0.25, 0.3) is 0 Å². The molecule has 0 spiro atoms. The highest BCUT2D eigenvalue weighted by molar-refractivity contribution is 7.89. The number of aliphatic hydroxyl groups is 1. The van der Waals surface area contributed by atoms with Gasteiger partial charge in [0.1, 0.15) is 0 Å². The van der Waals surface area contributed by atoms with E-state index in [0.29, 0.717) is 23.7 Å². The summed E-state index contributed by atoms with van der Waals surface area (Å²) in [5, 5.41) is 9.13. The Bertz CT molecular complexity index is 556. The lowest BCUT2D eigenvalue weighted by atomic mass is 10.2. The Kier molecular flexibility index (Phi) is 6.80. The van der Waals surface area contributed by atoms with E-state index in [1.54, 1.807) is 19.1 Å². The molecule has 0 aliphatic rings. The molecule has 0 aliphatic heterocycles. The number of aliphatic hydroxyl groups excluding tert-OH is 1. The van der Waals surface area contributed by atoms with Crippen LogP contribution >= 0.6 is 0 Å². The van der Waals surface area contributed by atoms with E-state index in [0.717, 1.165) is 13.0 Å². The van der Waals surface area contributed by atoms with E-state index in [1.165, 1.54) is 6.07 Å². The predicted molar refractivity (Wildman–Crippen MR) is 84.7 cm³/mol. The van der Waals surface area contributed by atoms with Crippen LogP contribution < -0.4 is 4.72 Å². The first-order chi connectivity index (χ1) is 9.77. The SMILES string of the molecule is Cc1ccc(CO)cc1S(=O)(=O)NCCCN(C)C(C)C. The topological polar surface area (TPSA) is 69.6 Å². The van der Waals surface area contributed by atoms with Gasteiger partial charge in [-0.2, -0.15) is 0 Å². The van der Waals surface area contributed by atoms with Crippen LogP contribution in [0.2, 0.25) is 0 Å². The lowest BCUT2D eigenvalue weighted by molar-refractivity contribution is 0.271. The van der Waals surface area contributed by atoms with Gasteiger partial charge >= 0.3 is 0 Å². The third-order valence-corrected chi connectivity index (χ3v) is 5.19. The van der Waals surface area contributed by atoms with Crippen molar-refractivity contribution < 1.29 is 13.5 Å². The summed E-state index contributed by atoms with van der Waals surface area (Å²) in [4.78, 5) is 2.41. The largest absolute Gasteiger partial charge is 0.392 e. The Labute approximate surface area is 128 Å². The monoisotopic (exact) mass is 314 g/mol. The molecule has 0 unspecified atom stereocenters. The van der Waals surface area contributed by atoms with Crippen molar-refractivity contribution in [1.82, 2.24) is 9.62 Å². The second-order valence-electron chi connectivity index (χ2n) is 5.58. The maximum Gasteiger partial charge on any atom is 0.240 e. The molecule has 6 heteroatoms. The maximum atomic E-state index is 12.3. The van der Waals surface area contributed by atoms with E-state index in [-0.39, 0.29) is 11.5 Å². The minimum atomic E-state index is -3.52. The molecule has 0 atom stereocenters. The van der Waals surface area contributed by atoms with Crippen LogP contribution in [0.5, 0.6) is 0 Å². The standard InChI is InChI=1S/C15H26N2O3S/c1-12(2)17(4)9-5-8-16-21(19,20)15-10-14(11-18)7-6-13(15)3/h6-7,10,12,16,18H,5,8-9,11H2,1-4H3. The van der Waals surface area contributed by atoms with Gasteiger partial charge < -0.3 is 10.0 Å². The highest BCUT2D eigenvalue weighted by Gasteiger charge is 2.16. The Morgan fingerprint density at radius 1 is 1.33 bits per heavy atom. The van der Waals surface area contributed by atoms with Gasteiger partial charge in [0.05, 0.1) is 11.5 Å². The molecule has 0 saturated carbocycles. The number of nitrogens with zero attached hydrogens (tertiary/aromatic N) is 1. The van der Waals surface area contributed by atoms with E-state index in [9.17, 15) is 8.42 Å².